The van der Waals surface area contributed by atoms with Crippen molar-refractivity contribution in [2.75, 3.05) is 0 Å². The highest BCUT2D eigenvalue weighted by Crippen LogP contribution is 2.33. The maximum Gasteiger partial charge on any atom is 0.0534 e. The van der Waals surface area contributed by atoms with Crippen LogP contribution in [-0.4, -0.2) is 15.8 Å². The third-order valence-corrected chi connectivity index (χ3v) is 4.33. The molecule has 1 fully saturated rings. The highest BCUT2D eigenvalue weighted by molar-refractivity contribution is 5.04. The fourth-order valence-electron chi connectivity index (χ4n) is 3.03. The Morgan fingerprint density at radius 3 is 2.82 bits per heavy atom. The predicted molar refractivity (Wildman–Crippen MR) is 70.7 cm³/mol. The number of nitrogens with one attached hydrogen (secondary N) is 1. The minimum absolute atomic E-state index is 0.699. The molecular weight excluding hydrogens is 210 g/mol. The van der Waals surface area contributed by atoms with Gasteiger partial charge in [-0.25, -0.2) is 0 Å². The Morgan fingerprint density at radius 2 is 2.24 bits per heavy atom. The van der Waals surface area contributed by atoms with Crippen LogP contribution in [0.5, 0.6) is 0 Å². The molecule has 0 saturated heterocycles. The molecule has 0 bridgehead atoms. The van der Waals surface area contributed by atoms with Crippen LogP contribution in [0.4, 0.5) is 0 Å². The van der Waals surface area contributed by atoms with E-state index in [1.54, 1.807) is 0 Å². The fraction of sp³-hybridized carbons (Fsp3) is 0.786. The summed E-state index contributed by atoms with van der Waals surface area (Å²) in [5.74, 6) is 1.74. The molecule has 1 heterocycles. The van der Waals surface area contributed by atoms with Gasteiger partial charge in [0.2, 0.25) is 0 Å². The third-order valence-electron chi connectivity index (χ3n) is 4.33. The van der Waals surface area contributed by atoms with Crippen molar-refractivity contribution in [2.45, 2.75) is 59.2 Å². The Hall–Kier alpha value is -0.830. The summed E-state index contributed by atoms with van der Waals surface area (Å²) in [6.07, 6.45) is 8.18. The lowest BCUT2D eigenvalue weighted by Crippen LogP contribution is -2.32. The summed E-state index contributed by atoms with van der Waals surface area (Å²) in [5.41, 5.74) is 1.30. The average molecular weight is 235 g/mol. The van der Waals surface area contributed by atoms with Crippen LogP contribution in [0.1, 0.15) is 45.6 Å². The lowest BCUT2D eigenvalue weighted by Gasteiger charge is -2.20. The normalized spacial score (nSPS) is 28.8. The van der Waals surface area contributed by atoms with Crippen LogP contribution in [0, 0.1) is 11.8 Å². The first-order valence-corrected chi connectivity index (χ1v) is 6.99. The van der Waals surface area contributed by atoms with Crippen LogP contribution in [0.2, 0.25) is 0 Å². The Labute approximate surface area is 105 Å². The Balaban J connectivity index is 1.82. The summed E-state index contributed by atoms with van der Waals surface area (Å²) in [7, 11) is 0. The number of nitrogens with zero attached hydrogens (tertiary/aromatic N) is 2. The van der Waals surface area contributed by atoms with Gasteiger partial charge < -0.3 is 5.32 Å². The molecule has 0 radical (unpaired) electrons. The quantitative estimate of drug-likeness (QED) is 0.850. The van der Waals surface area contributed by atoms with Gasteiger partial charge in [-0.2, -0.15) is 5.10 Å². The molecule has 3 atom stereocenters. The summed E-state index contributed by atoms with van der Waals surface area (Å²) in [6.45, 7) is 8.75. The third kappa shape index (κ3) is 2.89. The second-order valence-corrected chi connectivity index (χ2v) is 5.30. The summed E-state index contributed by atoms with van der Waals surface area (Å²) in [5, 5.41) is 8.00. The fourth-order valence-corrected chi connectivity index (χ4v) is 3.03. The summed E-state index contributed by atoms with van der Waals surface area (Å²) in [6, 6.07) is 0.699. The van der Waals surface area contributed by atoms with E-state index >= 15 is 0 Å². The van der Waals surface area contributed by atoms with Crippen LogP contribution < -0.4 is 5.32 Å². The van der Waals surface area contributed by atoms with Gasteiger partial charge >= 0.3 is 0 Å². The number of aromatic nitrogens is 2. The van der Waals surface area contributed by atoms with Gasteiger partial charge in [0.15, 0.2) is 0 Å². The molecule has 3 heteroatoms. The summed E-state index contributed by atoms with van der Waals surface area (Å²) < 4.78 is 1.99. The maximum absolute atomic E-state index is 4.31. The SMILES string of the molecule is CCC1CCC(NCc2cnn(CC)c2)C1C. The Kier molecular flexibility index (Phi) is 4.21. The average Bonchev–Trinajstić information content (AvgIpc) is 2.93. The van der Waals surface area contributed by atoms with Gasteiger partial charge in [0, 0.05) is 30.9 Å². The van der Waals surface area contributed by atoms with Crippen molar-refractivity contribution in [3.05, 3.63) is 18.0 Å². The lowest BCUT2D eigenvalue weighted by atomic mass is 9.93. The molecule has 1 aromatic heterocycles. The first kappa shape index (κ1) is 12.6. The number of rotatable bonds is 5. The molecule has 3 nitrogen and oxygen atoms in total. The molecule has 1 aromatic rings. The zero-order valence-corrected chi connectivity index (χ0v) is 11.3. The maximum atomic E-state index is 4.31. The molecule has 1 aliphatic carbocycles. The largest absolute Gasteiger partial charge is 0.310 e. The Bertz CT molecular complexity index is 345. The molecular formula is C14H25N3. The van der Waals surface area contributed by atoms with Gasteiger partial charge in [-0.1, -0.05) is 20.3 Å². The van der Waals surface area contributed by atoms with Crippen molar-refractivity contribution in [1.29, 1.82) is 0 Å². The second-order valence-electron chi connectivity index (χ2n) is 5.30. The van der Waals surface area contributed by atoms with E-state index in [1.807, 2.05) is 10.9 Å². The molecule has 0 amide bonds. The van der Waals surface area contributed by atoms with Crippen LogP contribution >= 0.6 is 0 Å². The van der Waals surface area contributed by atoms with Gasteiger partial charge in [-0.3, -0.25) is 4.68 Å². The summed E-state index contributed by atoms with van der Waals surface area (Å²) in [4.78, 5) is 0. The van der Waals surface area contributed by atoms with E-state index in [4.69, 9.17) is 0 Å². The molecule has 3 unspecified atom stereocenters. The van der Waals surface area contributed by atoms with Gasteiger partial charge in [0.05, 0.1) is 6.20 Å². The topological polar surface area (TPSA) is 29.9 Å². The van der Waals surface area contributed by atoms with Crippen molar-refractivity contribution in [3.8, 4) is 0 Å². The molecule has 96 valence electrons. The van der Waals surface area contributed by atoms with Gasteiger partial charge in [0.1, 0.15) is 0 Å². The molecule has 1 saturated carbocycles. The van der Waals surface area contributed by atoms with E-state index < -0.39 is 0 Å². The Morgan fingerprint density at radius 1 is 1.41 bits per heavy atom. The first-order valence-electron chi connectivity index (χ1n) is 6.99. The predicted octanol–water partition coefficient (Wildman–Crippen LogP) is 2.82. The van der Waals surface area contributed by atoms with Crippen LogP contribution in [0.25, 0.3) is 0 Å². The monoisotopic (exact) mass is 235 g/mol. The number of hydrogen-bond acceptors (Lipinski definition) is 2. The number of aryl methyl sites for hydroxylation is 1. The molecule has 0 aliphatic heterocycles. The van der Waals surface area contributed by atoms with Crippen molar-refractivity contribution in [3.63, 3.8) is 0 Å². The van der Waals surface area contributed by atoms with Crippen molar-refractivity contribution in [2.24, 2.45) is 11.8 Å². The molecule has 1 aliphatic rings. The number of hydrogen-bond donors (Lipinski definition) is 1. The molecule has 0 spiro atoms. The zero-order valence-electron chi connectivity index (χ0n) is 11.3. The van der Waals surface area contributed by atoms with Gasteiger partial charge in [0.25, 0.3) is 0 Å². The lowest BCUT2D eigenvalue weighted by molar-refractivity contribution is 0.344. The molecule has 0 aromatic carbocycles. The zero-order chi connectivity index (χ0) is 12.3. The van der Waals surface area contributed by atoms with Crippen molar-refractivity contribution >= 4 is 0 Å². The van der Waals surface area contributed by atoms with Crippen molar-refractivity contribution in [1.82, 2.24) is 15.1 Å². The van der Waals surface area contributed by atoms with E-state index in [-0.39, 0.29) is 0 Å². The second kappa shape index (κ2) is 5.67. The van der Waals surface area contributed by atoms with E-state index in [9.17, 15) is 0 Å². The van der Waals surface area contributed by atoms with E-state index in [1.165, 1.54) is 24.8 Å². The van der Waals surface area contributed by atoms with Crippen LogP contribution in [0.3, 0.4) is 0 Å². The van der Waals surface area contributed by atoms with E-state index in [2.05, 4.69) is 37.4 Å². The van der Waals surface area contributed by atoms with Crippen LogP contribution in [0.15, 0.2) is 12.4 Å². The van der Waals surface area contributed by atoms with Gasteiger partial charge in [-0.15, -0.1) is 0 Å². The van der Waals surface area contributed by atoms with E-state index in [0.29, 0.717) is 6.04 Å². The minimum Gasteiger partial charge on any atom is -0.310 e. The highest BCUT2D eigenvalue weighted by atomic mass is 15.3. The highest BCUT2D eigenvalue weighted by Gasteiger charge is 2.30. The molecule has 2 rings (SSSR count). The van der Waals surface area contributed by atoms with Gasteiger partial charge in [-0.05, 0) is 31.6 Å². The minimum atomic E-state index is 0.699. The van der Waals surface area contributed by atoms with E-state index in [0.717, 1.165) is 24.9 Å². The van der Waals surface area contributed by atoms with Crippen molar-refractivity contribution < 1.29 is 0 Å². The summed E-state index contributed by atoms with van der Waals surface area (Å²) >= 11 is 0. The first-order chi connectivity index (χ1) is 8.24. The molecule has 1 N–H and O–H groups in total. The standard InChI is InChI=1S/C14H25N3/c1-4-13-6-7-14(11(13)3)15-8-12-9-16-17(5-2)10-12/h9-11,13-15H,4-8H2,1-3H3. The smallest absolute Gasteiger partial charge is 0.0534 e. The molecule has 17 heavy (non-hydrogen) atoms. The van der Waals surface area contributed by atoms with Crippen LogP contribution in [-0.2, 0) is 13.1 Å².